The second-order valence-electron chi connectivity index (χ2n) is 6.36. The molecule has 0 spiro atoms. The van der Waals surface area contributed by atoms with Crippen molar-refractivity contribution < 1.29 is 48.1 Å². The fourth-order valence-corrected chi connectivity index (χ4v) is 3.29. The van der Waals surface area contributed by atoms with Crippen molar-refractivity contribution in [3.63, 3.8) is 0 Å². The minimum Gasteiger partial charge on any atom is -0.756 e. The first kappa shape index (κ1) is 27.3. The van der Waals surface area contributed by atoms with E-state index in [0.29, 0.717) is 0 Å². The van der Waals surface area contributed by atoms with Crippen molar-refractivity contribution in [1.29, 1.82) is 0 Å². The molecular formula is C18H38NaO4P. The zero-order valence-electron chi connectivity index (χ0n) is 16.4. The second kappa shape index (κ2) is 20.4. The summed E-state index contributed by atoms with van der Waals surface area (Å²) >= 11 is 0. The molecule has 0 aliphatic rings. The fourth-order valence-electron chi connectivity index (χ4n) is 2.51. The predicted octanol–water partition coefficient (Wildman–Crippen LogP) is 2.99. The number of hydrogen-bond donors (Lipinski definition) is 0. The van der Waals surface area contributed by atoms with Crippen LogP contribution in [0.15, 0.2) is 0 Å². The van der Waals surface area contributed by atoms with Crippen LogP contribution in [0.2, 0.25) is 0 Å². The molecule has 0 unspecified atom stereocenters. The van der Waals surface area contributed by atoms with Gasteiger partial charge in [0.15, 0.2) is 0 Å². The van der Waals surface area contributed by atoms with E-state index in [1.54, 1.807) is 0 Å². The quantitative estimate of drug-likeness (QED) is 0.211. The number of hydrogen-bond acceptors (Lipinski definition) is 4. The normalized spacial score (nSPS) is 11.5. The third-order valence-corrected chi connectivity index (χ3v) is 4.99. The summed E-state index contributed by atoms with van der Waals surface area (Å²) in [6.07, 6.45) is 16.1. The van der Waals surface area contributed by atoms with E-state index in [-0.39, 0.29) is 42.8 Å². The van der Waals surface area contributed by atoms with Crippen LogP contribution in [0.25, 0.3) is 0 Å². The first-order valence-electron chi connectivity index (χ1n) is 9.72. The average Bonchev–Trinajstić information content (AvgIpc) is 2.52. The van der Waals surface area contributed by atoms with Crippen molar-refractivity contribution in [2.75, 3.05) is 13.2 Å². The summed E-state index contributed by atoms with van der Waals surface area (Å²) in [6, 6.07) is 0. The smallest absolute Gasteiger partial charge is 0.756 e. The third kappa shape index (κ3) is 21.2. The average molecular weight is 372 g/mol. The van der Waals surface area contributed by atoms with E-state index < -0.39 is 7.82 Å². The van der Waals surface area contributed by atoms with Crippen LogP contribution in [-0.2, 0) is 13.6 Å². The maximum atomic E-state index is 11.6. The monoisotopic (exact) mass is 372 g/mol. The Morgan fingerprint density at radius 1 is 0.625 bits per heavy atom. The van der Waals surface area contributed by atoms with Gasteiger partial charge in [0.2, 0.25) is 0 Å². The molecule has 0 heterocycles. The Balaban J connectivity index is 0. The van der Waals surface area contributed by atoms with E-state index in [0.717, 1.165) is 38.5 Å². The largest absolute Gasteiger partial charge is 1.00 e. The van der Waals surface area contributed by atoms with E-state index in [2.05, 4.69) is 13.8 Å². The van der Waals surface area contributed by atoms with Crippen LogP contribution in [0.4, 0.5) is 0 Å². The first-order valence-corrected chi connectivity index (χ1v) is 11.2. The van der Waals surface area contributed by atoms with Crippen LogP contribution in [-0.4, -0.2) is 13.2 Å². The van der Waals surface area contributed by atoms with Crippen molar-refractivity contribution in [1.82, 2.24) is 0 Å². The van der Waals surface area contributed by atoms with Gasteiger partial charge in [0.05, 0.1) is 13.2 Å². The summed E-state index contributed by atoms with van der Waals surface area (Å²) < 4.78 is 21.4. The molecule has 24 heavy (non-hydrogen) atoms. The van der Waals surface area contributed by atoms with Crippen molar-refractivity contribution in [2.24, 2.45) is 0 Å². The molecule has 0 N–H and O–H groups in total. The van der Waals surface area contributed by atoms with Gasteiger partial charge in [-0.15, -0.1) is 0 Å². The Labute approximate surface area is 172 Å². The Morgan fingerprint density at radius 3 is 1.25 bits per heavy atom. The molecule has 0 atom stereocenters. The van der Waals surface area contributed by atoms with Gasteiger partial charge >= 0.3 is 29.6 Å². The Kier molecular flexibility index (Phi) is 23.3. The van der Waals surface area contributed by atoms with Gasteiger partial charge in [-0.1, -0.05) is 90.9 Å². The molecule has 0 fully saturated rings. The Bertz CT molecular complexity index is 266. The van der Waals surface area contributed by atoms with Crippen molar-refractivity contribution in [2.45, 2.75) is 104 Å². The molecule has 0 aliphatic heterocycles. The van der Waals surface area contributed by atoms with Gasteiger partial charge < -0.3 is 13.9 Å². The molecular weight excluding hydrogens is 334 g/mol. The molecule has 0 radical (unpaired) electrons. The van der Waals surface area contributed by atoms with E-state index in [4.69, 9.17) is 9.05 Å². The third-order valence-electron chi connectivity index (χ3n) is 3.99. The molecule has 140 valence electrons. The van der Waals surface area contributed by atoms with E-state index in [1.807, 2.05) is 0 Å². The van der Waals surface area contributed by atoms with Crippen LogP contribution < -0.4 is 34.5 Å². The first-order chi connectivity index (χ1) is 11.1. The van der Waals surface area contributed by atoms with Gasteiger partial charge in [-0.3, -0.25) is 4.57 Å². The van der Waals surface area contributed by atoms with Crippen molar-refractivity contribution in [3.8, 4) is 0 Å². The number of phosphoric acid groups is 1. The molecule has 0 amide bonds. The maximum Gasteiger partial charge on any atom is 1.00 e. The van der Waals surface area contributed by atoms with Crippen LogP contribution in [0.1, 0.15) is 104 Å². The van der Waals surface area contributed by atoms with Crippen LogP contribution >= 0.6 is 7.82 Å². The zero-order valence-corrected chi connectivity index (χ0v) is 19.3. The number of unbranched alkanes of at least 4 members (excludes halogenated alkanes) is 12. The topological polar surface area (TPSA) is 58.6 Å². The molecule has 0 saturated heterocycles. The van der Waals surface area contributed by atoms with Crippen LogP contribution in [0, 0.1) is 0 Å². The standard InChI is InChI=1S/C18H39O4P.Na/c1-3-5-7-9-11-13-15-17-21-23(19,20)22-18-16-14-12-10-8-6-4-2;/h3-18H2,1-2H3,(H,19,20);/q;+1/p-1. The molecule has 0 aliphatic carbocycles. The zero-order chi connectivity index (χ0) is 17.2. The SMILES string of the molecule is CCCCCCCCCOP(=O)([O-])OCCCCCCCCC.[Na+]. The summed E-state index contributed by atoms with van der Waals surface area (Å²) in [5.74, 6) is 0. The molecule has 0 aromatic heterocycles. The minimum absolute atomic E-state index is 0. The Hall–Kier alpha value is 1.11. The van der Waals surface area contributed by atoms with Crippen molar-refractivity contribution in [3.05, 3.63) is 0 Å². The molecule has 6 heteroatoms. The summed E-state index contributed by atoms with van der Waals surface area (Å²) in [4.78, 5) is 11.6. The van der Waals surface area contributed by atoms with Gasteiger partial charge in [0, 0.05) is 0 Å². The molecule has 0 aromatic rings. The van der Waals surface area contributed by atoms with Gasteiger partial charge in [-0.25, -0.2) is 0 Å². The fraction of sp³-hybridized carbons (Fsp3) is 1.00. The summed E-state index contributed by atoms with van der Waals surface area (Å²) in [5.41, 5.74) is 0. The van der Waals surface area contributed by atoms with E-state index in [9.17, 15) is 9.46 Å². The van der Waals surface area contributed by atoms with Gasteiger partial charge in [-0.05, 0) is 12.8 Å². The Morgan fingerprint density at radius 2 is 0.917 bits per heavy atom. The van der Waals surface area contributed by atoms with Gasteiger partial charge in [-0.2, -0.15) is 0 Å². The van der Waals surface area contributed by atoms with Crippen molar-refractivity contribution >= 4 is 7.82 Å². The van der Waals surface area contributed by atoms with Gasteiger partial charge in [0.25, 0.3) is 7.82 Å². The maximum absolute atomic E-state index is 11.6. The molecule has 0 aromatic carbocycles. The predicted molar refractivity (Wildman–Crippen MR) is 95.5 cm³/mol. The van der Waals surface area contributed by atoms with Crippen LogP contribution in [0.3, 0.4) is 0 Å². The van der Waals surface area contributed by atoms with Crippen LogP contribution in [0.5, 0.6) is 0 Å². The number of phosphoric ester groups is 1. The summed E-state index contributed by atoms with van der Waals surface area (Å²) in [6.45, 7) is 4.91. The van der Waals surface area contributed by atoms with Gasteiger partial charge in [0.1, 0.15) is 0 Å². The summed E-state index contributed by atoms with van der Waals surface area (Å²) in [5, 5.41) is 0. The van der Waals surface area contributed by atoms with E-state index in [1.165, 1.54) is 51.4 Å². The molecule has 0 bridgehead atoms. The minimum atomic E-state index is -4.07. The number of rotatable bonds is 18. The molecule has 4 nitrogen and oxygen atoms in total. The molecule has 0 rings (SSSR count). The van der Waals surface area contributed by atoms with E-state index >= 15 is 0 Å². The summed E-state index contributed by atoms with van der Waals surface area (Å²) in [7, 11) is -4.07. The molecule has 0 saturated carbocycles. The second-order valence-corrected chi connectivity index (χ2v) is 7.77.